The van der Waals surface area contributed by atoms with Crippen LogP contribution >= 0.6 is 0 Å². The van der Waals surface area contributed by atoms with Crippen molar-refractivity contribution in [3.8, 4) is 5.75 Å². The normalized spacial score (nSPS) is 18.5. The quantitative estimate of drug-likeness (QED) is 0.218. The molecule has 0 spiro atoms. The van der Waals surface area contributed by atoms with Gasteiger partial charge in [0.25, 0.3) is 17.5 Å². The summed E-state index contributed by atoms with van der Waals surface area (Å²) in [5.74, 6) is -1.11. The van der Waals surface area contributed by atoms with Crippen LogP contribution in [0.1, 0.15) is 36.8 Å². The molecule has 4 amide bonds. The lowest BCUT2D eigenvalue weighted by molar-refractivity contribution is -0.384. The zero-order chi connectivity index (χ0) is 28.6. The Kier molecular flexibility index (Phi) is 9.23. The Balaban J connectivity index is 1.26. The zero-order valence-corrected chi connectivity index (χ0v) is 21.7. The molecule has 0 unspecified atom stereocenters. The second-order valence-corrected chi connectivity index (χ2v) is 9.80. The maximum Gasteiger partial charge on any atom is 0.269 e. The average Bonchev–Trinajstić information content (AvgIpc) is 3.27. The summed E-state index contributed by atoms with van der Waals surface area (Å²) >= 11 is 0. The van der Waals surface area contributed by atoms with Gasteiger partial charge in [-0.1, -0.05) is 6.07 Å². The standard InChI is InChI=1S/C28H30N4O8/c33-16-20-5-10-24(40-17-19-3-8-22(9-4-19)32(38)39)23(13-20)30-25(34)14-29-28(37)21-6-1-18(2-7-21)15-31-26(35)11-12-27(31)36/h3-5,8-13,18,21,33H,1-2,6-7,14-17H2,(H,29,37)(H,30,34). The van der Waals surface area contributed by atoms with E-state index in [9.17, 15) is 34.4 Å². The highest BCUT2D eigenvalue weighted by atomic mass is 16.6. The van der Waals surface area contributed by atoms with E-state index in [4.69, 9.17) is 4.74 Å². The number of nitrogens with one attached hydrogen (secondary N) is 2. The number of aliphatic hydroxyl groups excluding tert-OH is 1. The van der Waals surface area contributed by atoms with Gasteiger partial charge in [-0.25, -0.2) is 0 Å². The summed E-state index contributed by atoms with van der Waals surface area (Å²) in [5.41, 5.74) is 1.51. The SMILES string of the molecule is O=C(CNC(=O)C1CCC(CN2C(=O)C=CC2=O)CC1)Nc1cc(CO)ccc1OCc1ccc([N+](=O)[O-])cc1. The highest BCUT2D eigenvalue weighted by Gasteiger charge is 2.31. The number of nitrogens with zero attached hydrogens (tertiary/aromatic N) is 2. The lowest BCUT2D eigenvalue weighted by atomic mass is 9.81. The molecule has 2 aromatic rings. The molecule has 1 saturated carbocycles. The van der Waals surface area contributed by atoms with E-state index in [-0.39, 0.29) is 55.0 Å². The third kappa shape index (κ3) is 7.29. The highest BCUT2D eigenvalue weighted by Crippen LogP contribution is 2.30. The number of carbonyl (C=O) groups excluding carboxylic acids is 4. The third-order valence-corrected chi connectivity index (χ3v) is 7.02. The first-order valence-electron chi connectivity index (χ1n) is 12.9. The van der Waals surface area contributed by atoms with Gasteiger partial charge in [-0.05, 0) is 67.0 Å². The molecule has 1 heterocycles. The number of benzene rings is 2. The van der Waals surface area contributed by atoms with Crippen molar-refractivity contribution in [2.45, 2.75) is 38.9 Å². The number of rotatable bonds is 11. The summed E-state index contributed by atoms with van der Waals surface area (Å²) in [4.78, 5) is 60.5. The summed E-state index contributed by atoms with van der Waals surface area (Å²) in [6.07, 6.45) is 5.12. The van der Waals surface area contributed by atoms with E-state index in [0.29, 0.717) is 54.8 Å². The summed E-state index contributed by atoms with van der Waals surface area (Å²) in [6, 6.07) is 10.7. The number of hydrogen-bond donors (Lipinski definition) is 3. The minimum Gasteiger partial charge on any atom is -0.487 e. The molecule has 12 nitrogen and oxygen atoms in total. The molecular weight excluding hydrogens is 520 g/mol. The first-order chi connectivity index (χ1) is 19.2. The minimum atomic E-state index is -0.491. The van der Waals surface area contributed by atoms with Crippen molar-refractivity contribution in [2.24, 2.45) is 11.8 Å². The molecule has 0 bridgehead atoms. The summed E-state index contributed by atoms with van der Waals surface area (Å²) < 4.78 is 5.81. The van der Waals surface area contributed by atoms with Gasteiger partial charge in [-0.2, -0.15) is 0 Å². The van der Waals surface area contributed by atoms with Crippen LogP contribution in [0.25, 0.3) is 0 Å². The molecule has 1 aliphatic heterocycles. The van der Waals surface area contributed by atoms with Gasteiger partial charge in [-0.15, -0.1) is 0 Å². The molecule has 2 aliphatic rings. The molecule has 40 heavy (non-hydrogen) atoms. The van der Waals surface area contributed by atoms with Gasteiger partial charge < -0.3 is 20.5 Å². The number of nitro groups is 1. The van der Waals surface area contributed by atoms with Crippen molar-refractivity contribution in [1.82, 2.24) is 10.2 Å². The van der Waals surface area contributed by atoms with E-state index in [1.54, 1.807) is 30.3 Å². The Morgan fingerprint density at radius 1 is 1.00 bits per heavy atom. The Bertz CT molecular complexity index is 1300. The van der Waals surface area contributed by atoms with E-state index in [1.165, 1.54) is 29.2 Å². The van der Waals surface area contributed by atoms with E-state index in [1.807, 2.05) is 0 Å². The Morgan fingerprint density at radius 3 is 2.27 bits per heavy atom. The van der Waals surface area contributed by atoms with E-state index >= 15 is 0 Å². The number of nitro benzene ring substituents is 1. The summed E-state index contributed by atoms with van der Waals surface area (Å²) in [5, 5.41) is 25.7. The van der Waals surface area contributed by atoms with E-state index in [0.717, 1.165) is 0 Å². The Labute approximate surface area is 230 Å². The molecule has 210 valence electrons. The Hall–Kier alpha value is -4.58. The number of carbonyl (C=O) groups is 4. The second kappa shape index (κ2) is 13.0. The molecule has 1 aliphatic carbocycles. The van der Waals surface area contributed by atoms with Gasteiger partial charge in [0.1, 0.15) is 12.4 Å². The highest BCUT2D eigenvalue weighted by molar-refractivity contribution is 6.12. The molecule has 0 aromatic heterocycles. The largest absolute Gasteiger partial charge is 0.487 e. The predicted octanol–water partition coefficient (Wildman–Crippen LogP) is 2.45. The van der Waals surface area contributed by atoms with E-state index in [2.05, 4.69) is 10.6 Å². The lowest BCUT2D eigenvalue weighted by Gasteiger charge is -2.29. The third-order valence-electron chi connectivity index (χ3n) is 7.02. The lowest BCUT2D eigenvalue weighted by Crippen LogP contribution is -2.40. The summed E-state index contributed by atoms with van der Waals surface area (Å²) in [7, 11) is 0. The number of non-ortho nitro benzene ring substituents is 1. The van der Waals surface area contributed by atoms with Gasteiger partial charge in [0.2, 0.25) is 11.8 Å². The topological polar surface area (TPSA) is 168 Å². The maximum absolute atomic E-state index is 12.7. The van der Waals surface area contributed by atoms with Crippen LogP contribution < -0.4 is 15.4 Å². The number of aliphatic hydroxyl groups is 1. The first-order valence-corrected chi connectivity index (χ1v) is 12.9. The van der Waals surface area contributed by atoms with Crippen molar-refractivity contribution in [3.05, 3.63) is 75.9 Å². The molecular formula is C28H30N4O8. The zero-order valence-electron chi connectivity index (χ0n) is 21.7. The fourth-order valence-corrected chi connectivity index (χ4v) is 4.76. The fourth-order valence-electron chi connectivity index (χ4n) is 4.76. The number of ether oxygens (including phenoxy) is 1. The number of amides is 4. The average molecular weight is 551 g/mol. The van der Waals surface area contributed by atoms with Gasteiger partial charge in [0, 0.05) is 36.7 Å². The molecule has 0 saturated heterocycles. The van der Waals surface area contributed by atoms with Crippen LogP contribution in [-0.4, -0.2) is 51.6 Å². The molecule has 12 heteroatoms. The molecule has 3 N–H and O–H groups in total. The molecule has 1 fully saturated rings. The Morgan fingerprint density at radius 2 is 1.65 bits per heavy atom. The molecule has 0 radical (unpaired) electrons. The smallest absolute Gasteiger partial charge is 0.269 e. The van der Waals surface area contributed by atoms with Gasteiger partial charge in [0.15, 0.2) is 0 Å². The molecule has 0 atom stereocenters. The predicted molar refractivity (Wildman–Crippen MR) is 143 cm³/mol. The second-order valence-electron chi connectivity index (χ2n) is 9.80. The number of imide groups is 1. The van der Waals surface area contributed by atoms with Crippen LogP contribution in [0.3, 0.4) is 0 Å². The molecule has 4 rings (SSSR count). The summed E-state index contributed by atoms with van der Waals surface area (Å²) in [6.45, 7) is -0.0634. The van der Waals surface area contributed by atoms with Crippen molar-refractivity contribution < 1.29 is 33.9 Å². The van der Waals surface area contributed by atoms with Crippen LogP contribution in [-0.2, 0) is 32.4 Å². The fraction of sp³-hybridized carbons (Fsp3) is 0.357. The van der Waals surface area contributed by atoms with E-state index < -0.39 is 10.8 Å². The van der Waals surface area contributed by atoms with Crippen molar-refractivity contribution in [2.75, 3.05) is 18.4 Å². The molecule has 2 aromatic carbocycles. The van der Waals surface area contributed by atoms with Gasteiger partial charge in [-0.3, -0.25) is 34.2 Å². The number of anilines is 1. The van der Waals surface area contributed by atoms with Gasteiger partial charge in [0.05, 0.1) is 23.8 Å². The van der Waals surface area contributed by atoms with Crippen LogP contribution in [0.5, 0.6) is 5.75 Å². The van der Waals surface area contributed by atoms with Crippen molar-refractivity contribution >= 4 is 35.0 Å². The maximum atomic E-state index is 12.7. The first kappa shape index (κ1) is 28.4. The monoisotopic (exact) mass is 550 g/mol. The van der Waals surface area contributed by atoms with Crippen LogP contribution in [0.15, 0.2) is 54.6 Å². The van der Waals surface area contributed by atoms with Gasteiger partial charge >= 0.3 is 0 Å². The van der Waals surface area contributed by atoms with Crippen LogP contribution in [0.4, 0.5) is 11.4 Å². The van der Waals surface area contributed by atoms with Crippen LogP contribution in [0, 0.1) is 22.0 Å². The van der Waals surface area contributed by atoms with Crippen molar-refractivity contribution in [3.63, 3.8) is 0 Å². The number of hydrogen-bond acceptors (Lipinski definition) is 8. The minimum absolute atomic E-state index is 0.0355. The van der Waals surface area contributed by atoms with Crippen LogP contribution in [0.2, 0.25) is 0 Å². The van der Waals surface area contributed by atoms with Crippen molar-refractivity contribution in [1.29, 1.82) is 0 Å².